The van der Waals surface area contributed by atoms with E-state index < -0.39 is 35.1 Å². The molecule has 0 bridgehead atoms. The Labute approximate surface area is 174 Å². The highest BCUT2D eigenvalue weighted by atomic mass is 32.1. The molecule has 8 heteroatoms. The summed E-state index contributed by atoms with van der Waals surface area (Å²) in [6.07, 6.45) is 0. The monoisotopic (exact) mass is 426 g/mol. The molecule has 1 N–H and O–H groups in total. The van der Waals surface area contributed by atoms with Crippen LogP contribution in [0.1, 0.15) is 32.0 Å². The van der Waals surface area contributed by atoms with Gasteiger partial charge in [0.05, 0.1) is 27.2 Å². The van der Waals surface area contributed by atoms with Gasteiger partial charge in [0.15, 0.2) is 17.4 Å². The number of thiazole rings is 1. The van der Waals surface area contributed by atoms with E-state index in [9.17, 15) is 23.5 Å². The average Bonchev–Trinajstić information content (AvgIpc) is 3.20. The van der Waals surface area contributed by atoms with Crippen LogP contribution in [-0.2, 0) is 4.79 Å². The third-order valence-electron chi connectivity index (χ3n) is 4.86. The topological polar surface area (TPSA) is 70.5 Å². The van der Waals surface area contributed by atoms with E-state index in [2.05, 4.69) is 4.98 Å². The van der Waals surface area contributed by atoms with Crippen molar-refractivity contribution in [1.82, 2.24) is 4.98 Å². The second-order valence-electron chi connectivity index (χ2n) is 6.83. The van der Waals surface area contributed by atoms with Gasteiger partial charge in [-0.25, -0.2) is 13.8 Å². The lowest BCUT2D eigenvalue weighted by atomic mass is 9.95. The first kappa shape index (κ1) is 19.9. The zero-order valence-corrected chi connectivity index (χ0v) is 16.8. The fourth-order valence-corrected chi connectivity index (χ4v) is 4.43. The summed E-state index contributed by atoms with van der Waals surface area (Å²) in [6.45, 7) is 3.43. The molecule has 3 aromatic rings. The quantitative estimate of drug-likeness (QED) is 0.607. The molecule has 4 rings (SSSR count). The molecule has 0 saturated carbocycles. The molecule has 1 atom stereocenters. The molecule has 152 valence electrons. The number of amides is 1. The Balaban J connectivity index is 1.90. The van der Waals surface area contributed by atoms with E-state index in [1.165, 1.54) is 17.4 Å². The lowest BCUT2D eigenvalue weighted by Gasteiger charge is -2.27. The van der Waals surface area contributed by atoms with Crippen LogP contribution in [0.5, 0.6) is 0 Å². The van der Waals surface area contributed by atoms with Crippen LogP contribution >= 0.6 is 11.3 Å². The Morgan fingerprint density at radius 3 is 2.40 bits per heavy atom. The van der Waals surface area contributed by atoms with Crippen molar-refractivity contribution < 1.29 is 23.5 Å². The molecule has 1 aliphatic heterocycles. The predicted molar refractivity (Wildman–Crippen MR) is 109 cm³/mol. The van der Waals surface area contributed by atoms with E-state index in [1.54, 1.807) is 44.2 Å². The summed E-state index contributed by atoms with van der Waals surface area (Å²) < 4.78 is 27.4. The first-order valence-corrected chi connectivity index (χ1v) is 9.86. The first-order chi connectivity index (χ1) is 14.3. The number of halogens is 2. The summed E-state index contributed by atoms with van der Waals surface area (Å²) in [4.78, 5) is 32.0. The molecule has 0 radical (unpaired) electrons. The number of benzene rings is 2. The summed E-state index contributed by atoms with van der Waals surface area (Å²) >= 11 is 1.17. The maximum Gasteiger partial charge on any atom is 0.294 e. The molecule has 0 aliphatic carbocycles. The molecule has 1 aliphatic rings. The summed E-state index contributed by atoms with van der Waals surface area (Å²) in [5.74, 6) is -4.31. The average molecular weight is 426 g/mol. The standard InChI is InChI=1S/C22H16F2N2O3S/c1-11-21(30-12(2)25-11)19(27)17-18(13-6-4-3-5-7-13)26(22(29)20(17)28)14-8-9-15(23)16(24)10-14/h3-10,18,28H,1-2H3. The second-order valence-corrected chi connectivity index (χ2v) is 8.03. The lowest BCUT2D eigenvalue weighted by molar-refractivity contribution is -0.117. The molecule has 2 heterocycles. The molecule has 0 saturated heterocycles. The number of carbonyl (C=O) groups excluding carboxylic acids is 2. The summed E-state index contributed by atoms with van der Waals surface area (Å²) in [7, 11) is 0. The van der Waals surface area contributed by atoms with Crippen molar-refractivity contribution in [2.45, 2.75) is 19.9 Å². The zero-order valence-electron chi connectivity index (χ0n) is 16.0. The molecule has 1 amide bonds. The van der Waals surface area contributed by atoms with Crippen LogP contribution in [0.4, 0.5) is 14.5 Å². The van der Waals surface area contributed by atoms with Crippen LogP contribution in [0.25, 0.3) is 0 Å². The van der Waals surface area contributed by atoms with E-state index in [0.29, 0.717) is 21.1 Å². The molecule has 1 unspecified atom stereocenters. The van der Waals surface area contributed by atoms with Crippen LogP contribution in [0.2, 0.25) is 0 Å². The maximum absolute atomic E-state index is 13.9. The number of ketones is 1. The normalized spacial score (nSPS) is 16.5. The van der Waals surface area contributed by atoms with Crippen LogP contribution in [0.3, 0.4) is 0 Å². The Morgan fingerprint density at radius 2 is 1.80 bits per heavy atom. The van der Waals surface area contributed by atoms with Gasteiger partial charge >= 0.3 is 0 Å². The number of Topliss-reactive ketones (excluding diaryl/α,β-unsaturated/α-hetero) is 1. The lowest BCUT2D eigenvalue weighted by Crippen LogP contribution is -2.31. The molecular weight excluding hydrogens is 410 g/mol. The smallest absolute Gasteiger partial charge is 0.294 e. The number of aryl methyl sites for hydroxylation is 2. The number of anilines is 1. The largest absolute Gasteiger partial charge is 0.503 e. The van der Waals surface area contributed by atoms with Crippen molar-refractivity contribution >= 4 is 28.7 Å². The van der Waals surface area contributed by atoms with E-state index >= 15 is 0 Å². The Bertz CT molecular complexity index is 1200. The Morgan fingerprint density at radius 1 is 1.10 bits per heavy atom. The van der Waals surface area contributed by atoms with Gasteiger partial charge in [0.2, 0.25) is 5.78 Å². The summed E-state index contributed by atoms with van der Waals surface area (Å²) in [5, 5.41) is 11.3. The zero-order chi connectivity index (χ0) is 21.6. The highest BCUT2D eigenvalue weighted by Crippen LogP contribution is 2.42. The summed E-state index contributed by atoms with van der Waals surface area (Å²) in [6, 6.07) is 10.6. The molecule has 30 heavy (non-hydrogen) atoms. The number of aromatic nitrogens is 1. The van der Waals surface area contributed by atoms with Crippen LogP contribution in [0, 0.1) is 25.5 Å². The van der Waals surface area contributed by atoms with Crippen molar-refractivity contribution in [3.63, 3.8) is 0 Å². The number of aliphatic hydroxyl groups excluding tert-OH is 1. The molecule has 0 spiro atoms. The maximum atomic E-state index is 13.9. The van der Waals surface area contributed by atoms with Gasteiger partial charge in [-0.3, -0.25) is 14.5 Å². The van der Waals surface area contributed by atoms with Gasteiger partial charge in [-0.05, 0) is 31.5 Å². The molecular formula is C22H16F2N2O3S. The molecule has 0 fully saturated rings. The van der Waals surface area contributed by atoms with Crippen molar-refractivity contribution in [2.24, 2.45) is 0 Å². The number of aliphatic hydroxyl groups is 1. The van der Waals surface area contributed by atoms with Crippen LogP contribution in [-0.4, -0.2) is 21.8 Å². The Kier molecular flexibility index (Phi) is 4.95. The van der Waals surface area contributed by atoms with E-state index in [1.807, 2.05) is 0 Å². The van der Waals surface area contributed by atoms with Crippen LogP contribution < -0.4 is 4.90 Å². The van der Waals surface area contributed by atoms with Gasteiger partial charge in [0, 0.05) is 11.8 Å². The minimum absolute atomic E-state index is 0.0271. The predicted octanol–water partition coefficient (Wildman–Crippen LogP) is 4.82. The molecule has 1 aromatic heterocycles. The third-order valence-corrected chi connectivity index (χ3v) is 5.93. The van der Waals surface area contributed by atoms with E-state index in [4.69, 9.17) is 0 Å². The Hall–Kier alpha value is -3.39. The first-order valence-electron chi connectivity index (χ1n) is 9.05. The fraction of sp³-hybridized carbons (Fsp3) is 0.136. The van der Waals surface area contributed by atoms with E-state index in [0.717, 1.165) is 17.0 Å². The second kappa shape index (κ2) is 7.46. The highest BCUT2D eigenvalue weighted by molar-refractivity contribution is 7.14. The van der Waals surface area contributed by atoms with Crippen molar-refractivity contribution in [2.75, 3.05) is 4.90 Å². The van der Waals surface area contributed by atoms with Gasteiger partial charge < -0.3 is 5.11 Å². The summed E-state index contributed by atoms with van der Waals surface area (Å²) in [5.41, 5.74) is 0.942. The van der Waals surface area contributed by atoms with Gasteiger partial charge in [0.1, 0.15) is 0 Å². The third kappa shape index (κ3) is 3.19. The minimum Gasteiger partial charge on any atom is -0.503 e. The number of hydrogen-bond acceptors (Lipinski definition) is 5. The van der Waals surface area contributed by atoms with Gasteiger partial charge in [-0.15, -0.1) is 11.3 Å². The number of carbonyl (C=O) groups is 2. The molecule has 2 aromatic carbocycles. The van der Waals surface area contributed by atoms with Gasteiger partial charge in [-0.1, -0.05) is 30.3 Å². The van der Waals surface area contributed by atoms with Crippen molar-refractivity contribution in [3.05, 3.63) is 92.6 Å². The number of hydrogen-bond donors (Lipinski definition) is 1. The van der Waals surface area contributed by atoms with Gasteiger partial charge in [-0.2, -0.15) is 0 Å². The fourth-order valence-electron chi connectivity index (χ4n) is 3.55. The number of nitrogens with zero attached hydrogens (tertiary/aromatic N) is 2. The van der Waals surface area contributed by atoms with Crippen molar-refractivity contribution in [1.29, 1.82) is 0 Å². The highest BCUT2D eigenvalue weighted by Gasteiger charge is 2.45. The molecule has 5 nitrogen and oxygen atoms in total. The van der Waals surface area contributed by atoms with E-state index in [-0.39, 0.29) is 11.3 Å². The van der Waals surface area contributed by atoms with Gasteiger partial charge in [0.25, 0.3) is 5.91 Å². The van der Waals surface area contributed by atoms with Crippen molar-refractivity contribution in [3.8, 4) is 0 Å². The number of rotatable bonds is 4. The SMILES string of the molecule is Cc1nc(C)c(C(=O)C2=C(O)C(=O)N(c3ccc(F)c(F)c3)C2c2ccccc2)s1. The van der Waals surface area contributed by atoms with Crippen LogP contribution in [0.15, 0.2) is 59.9 Å². The minimum atomic E-state index is -1.14.